The van der Waals surface area contributed by atoms with Crippen molar-refractivity contribution in [1.82, 2.24) is 16.0 Å². The van der Waals surface area contributed by atoms with Crippen molar-refractivity contribution in [3.63, 3.8) is 0 Å². The van der Waals surface area contributed by atoms with E-state index in [0.717, 1.165) is 12.1 Å². The number of carbonyl (C=O) groups is 1. The van der Waals surface area contributed by atoms with Crippen LogP contribution in [0.4, 0.5) is 5.69 Å². The molecule has 0 radical (unpaired) electrons. The van der Waals surface area contributed by atoms with Gasteiger partial charge in [0.15, 0.2) is 5.96 Å². The zero-order valence-corrected chi connectivity index (χ0v) is 20.4. The summed E-state index contributed by atoms with van der Waals surface area (Å²) in [6.07, 6.45) is 6.27. The maximum absolute atomic E-state index is 12.1. The number of rotatable bonds is 7. The number of nitrogens with one attached hydrogen (secondary N) is 3. The molecule has 1 aliphatic carbocycles. The molecule has 1 aromatic carbocycles. The number of halogens is 1. The Morgan fingerprint density at radius 1 is 1.13 bits per heavy atom. The first-order chi connectivity index (χ1) is 13.7. The van der Waals surface area contributed by atoms with Crippen molar-refractivity contribution in [3.05, 3.63) is 39.9 Å². The lowest BCUT2D eigenvalue weighted by atomic mass is 9.89. The number of nitrogens with zero attached hydrogens (tertiary/aromatic N) is 2. The van der Waals surface area contributed by atoms with Crippen LogP contribution in [-0.4, -0.2) is 35.4 Å². The number of nitro groups is 1. The number of non-ortho nitro benzene ring substituents is 1. The number of aliphatic imine (C=N–C) groups is 1. The molecular weight excluding hydrogens is 497 g/mol. The van der Waals surface area contributed by atoms with Gasteiger partial charge in [0.1, 0.15) is 0 Å². The van der Waals surface area contributed by atoms with Crippen LogP contribution >= 0.6 is 24.0 Å². The Morgan fingerprint density at radius 2 is 1.77 bits per heavy atom. The first kappa shape index (κ1) is 26.1. The van der Waals surface area contributed by atoms with Crippen LogP contribution in [0, 0.1) is 16.0 Å². The Hall–Kier alpha value is -1.91. The lowest BCUT2D eigenvalue weighted by Crippen LogP contribution is -2.48. The van der Waals surface area contributed by atoms with Gasteiger partial charge < -0.3 is 16.0 Å². The van der Waals surface area contributed by atoms with Crippen LogP contribution in [0.3, 0.4) is 0 Å². The third kappa shape index (κ3) is 10.2. The second-order valence-corrected chi connectivity index (χ2v) is 8.63. The van der Waals surface area contributed by atoms with Crippen LogP contribution in [0.15, 0.2) is 29.3 Å². The van der Waals surface area contributed by atoms with E-state index in [1.54, 1.807) is 12.1 Å². The molecule has 8 nitrogen and oxygen atoms in total. The van der Waals surface area contributed by atoms with Gasteiger partial charge in [-0.05, 0) is 45.1 Å². The molecule has 1 amide bonds. The van der Waals surface area contributed by atoms with Gasteiger partial charge in [0, 0.05) is 24.2 Å². The fraction of sp³-hybridized carbons (Fsp3) is 0.619. The van der Waals surface area contributed by atoms with Gasteiger partial charge in [0.25, 0.3) is 5.69 Å². The molecule has 9 heteroatoms. The summed E-state index contributed by atoms with van der Waals surface area (Å²) in [6.45, 7) is 7.15. The molecule has 0 bridgehead atoms. The van der Waals surface area contributed by atoms with Crippen molar-refractivity contribution in [2.45, 2.75) is 65.0 Å². The fourth-order valence-electron chi connectivity index (χ4n) is 3.33. The van der Waals surface area contributed by atoms with E-state index in [9.17, 15) is 14.9 Å². The fourth-order valence-corrected chi connectivity index (χ4v) is 3.33. The second-order valence-electron chi connectivity index (χ2n) is 8.63. The van der Waals surface area contributed by atoms with Gasteiger partial charge in [-0.2, -0.15) is 0 Å². The van der Waals surface area contributed by atoms with Crippen LogP contribution in [-0.2, 0) is 11.3 Å². The van der Waals surface area contributed by atoms with Crippen LogP contribution in [0.1, 0.15) is 58.4 Å². The number of amides is 1. The van der Waals surface area contributed by atoms with Gasteiger partial charge in [0.2, 0.25) is 5.91 Å². The quantitative estimate of drug-likeness (QED) is 0.163. The molecule has 2 rings (SSSR count). The number of hydrogen-bond acceptors (Lipinski definition) is 4. The highest BCUT2D eigenvalue weighted by Crippen LogP contribution is 2.22. The summed E-state index contributed by atoms with van der Waals surface area (Å²) >= 11 is 0. The molecule has 0 atom stereocenters. The molecule has 0 heterocycles. The maximum Gasteiger partial charge on any atom is 0.269 e. The van der Waals surface area contributed by atoms with Crippen LogP contribution in [0.2, 0.25) is 0 Å². The molecule has 0 aliphatic heterocycles. The van der Waals surface area contributed by atoms with E-state index in [2.05, 4.69) is 20.9 Å². The summed E-state index contributed by atoms with van der Waals surface area (Å²) in [6, 6.07) is 6.35. The largest absolute Gasteiger partial charge is 0.356 e. The number of guanidine groups is 1. The third-order valence-corrected chi connectivity index (χ3v) is 4.78. The Labute approximate surface area is 195 Å². The summed E-state index contributed by atoms with van der Waals surface area (Å²) < 4.78 is 0. The van der Waals surface area contributed by atoms with E-state index in [4.69, 9.17) is 0 Å². The van der Waals surface area contributed by atoms with Crippen LogP contribution in [0.5, 0.6) is 0 Å². The molecule has 1 saturated carbocycles. The summed E-state index contributed by atoms with van der Waals surface area (Å²) in [5.74, 6) is 1.11. The molecule has 30 heavy (non-hydrogen) atoms. The monoisotopic (exact) mass is 531 g/mol. The minimum atomic E-state index is -0.417. The van der Waals surface area contributed by atoms with Gasteiger partial charge in [-0.15, -0.1) is 24.0 Å². The predicted octanol–water partition coefficient (Wildman–Crippen LogP) is 3.74. The smallest absolute Gasteiger partial charge is 0.269 e. The van der Waals surface area contributed by atoms with E-state index in [1.165, 1.54) is 44.2 Å². The SMILES string of the molecule is CC(C)(C)NC(=O)CNC(=NCc1ccc([N+](=O)[O-])cc1)NCC1CCCCC1.I. The van der Waals surface area contributed by atoms with E-state index in [1.807, 2.05) is 20.8 Å². The standard InChI is InChI=1S/C21H33N5O3.HI/c1-21(2,3)25-19(27)15-24-20(22-13-16-7-5-4-6-8-16)23-14-17-9-11-18(12-10-17)26(28)29;/h9-12,16H,4-8,13-15H2,1-3H3,(H,25,27)(H2,22,23,24);1H. The lowest BCUT2D eigenvalue weighted by molar-refractivity contribution is -0.384. The molecule has 1 aromatic rings. The van der Waals surface area contributed by atoms with Gasteiger partial charge in [-0.25, -0.2) is 4.99 Å². The normalized spacial score (nSPS) is 15.1. The number of carbonyl (C=O) groups excluding carboxylic acids is 1. The molecular formula is C21H34IN5O3. The molecule has 168 valence electrons. The van der Waals surface area contributed by atoms with Crippen LogP contribution in [0.25, 0.3) is 0 Å². The van der Waals surface area contributed by atoms with Crippen molar-refractivity contribution in [2.24, 2.45) is 10.9 Å². The van der Waals surface area contributed by atoms with E-state index >= 15 is 0 Å². The summed E-state index contributed by atoms with van der Waals surface area (Å²) in [7, 11) is 0. The van der Waals surface area contributed by atoms with Crippen molar-refractivity contribution < 1.29 is 9.72 Å². The minimum Gasteiger partial charge on any atom is -0.356 e. The predicted molar refractivity (Wildman–Crippen MR) is 130 cm³/mol. The van der Waals surface area contributed by atoms with Gasteiger partial charge in [-0.3, -0.25) is 14.9 Å². The second kappa shape index (κ2) is 12.7. The summed E-state index contributed by atoms with van der Waals surface area (Å²) in [5.41, 5.74) is 0.642. The van der Waals surface area contributed by atoms with E-state index in [0.29, 0.717) is 18.4 Å². The van der Waals surface area contributed by atoms with Gasteiger partial charge >= 0.3 is 0 Å². The van der Waals surface area contributed by atoms with Crippen molar-refractivity contribution >= 4 is 41.5 Å². The topological polar surface area (TPSA) is 109 Å². The van der Waals surface area contributed by atoms with Crippen LogP contribution < -0.4 is 16.0 Å². The molecule has 0 unspecified atom stereocenters. The summed E-state index contributed by atoms with van der Waals surface area (Å²) in [5, 5.41) is 20.2. The summed E-state index contributed by atoms with van der Waals surface area (Å²) in [4.78, 5) is 27.1. The maximum atomic E-state index is 12.1. The van der Waals surface area contributed by atoms with Gasteiger partial charge in [0.05, 0.1) is 18.0 Å². The average Bonchev–Trinajstić information content (AvgIpc) is 2.67. The van der Waals surface area contributed by atoms with E-state index in [-0.39, 0.29) is 47.7 Å². The Morgan fingerprint density at radius 3 is 2.33 bits per heavy atom. The molecule has 1 aliphatic rings. The number of benzene rings is 1. The highest BCUT2D eigenvalue weighted by Gasteiger charge is 2.16. The molecule has 1 fully saturated rings. The van der Waals surface area contributed by atoms with E-state index < -0.39 is 4.92 Å². The Balaban J connectivity index is 0.00000450. The molecule has 0 aromatic heterocycles. The zero-order chi connectivity index (χ0) is 21.3. The molecule has 0 spiro atoms. The zero-order valence-electron chi connectivity index (χ0n) is 18.1. The van der Waals surface area contributed by atoms with Crippen molar-refractivity contribution in [1.29, 1.82) is 0 Å². The first-order valence-corrected chi connectivity index (χ1v) is 10.3. The molecule has 0 saturated heterocycles. The number of hydrogen-bond donors (Lipinski definition) is 3. The molecule has 3 N–H and O–H groups in total. The van der Waals surface area contributed by atoms with Crippen molar-refractivity contribution in [2.75, 3.05) is 13.1 Å². The Bertz CT molecular complexity index is 710. The Kier molecular flexibility index (Phi) is 11.1. The van der Waals surface area contributed by atoms with Gasteiger partial charge in [-0.1, -0.05) is 31.4 Å². The highest BCUT2D eigenvalue weighted by molar-refractivity contribution is 14.0. The third-order valence-electron chi connectivity index (χ3n) is 4.78. The lowest BCUT2D eigenvalue weighted by Gasteiger charge is -2.24. The van der Waals surface area contributed by atoms with Crippen molar-refractivity contribution in [3.8, 4) is 0 Å². The highest BCUT2D eigenvalue weighted by atomic mass is 127. The average molecular weight is 531 g/mol. The number of nitro benzene ring substituents is 1. The first-order valence-electron chi connectivity index (χ1n) is 10.3. The minimum absolute atomic E-state index is 0.